The molecule has 52 heavy (non-hydrogen) atoms. The zero-order valence-corrected chi connectivity index (χ0v) is 33.7. The lowest BCUT2D eigenvalue weighted by Gasteiger charge is -2.41. The number of para-hydroxylation sites is 2. The second-order valence-electron chi connectivity index (χ2n) is 13.5. The van der Waals surface area contributed by atoms with Crippen molar-refractivity contribution in [3.8, 4) is 0 Å². The fourth-order valence-corrected chi connectivity index (χ4v) is 17.6. The van der Waals surface area contributed by atoms with Crippen molar-refractivity contribution in [3.05, 3.63) is 182 Å². The zero-order valence-electron chi connectivity index (χ0n) is 30.1. The third-order valence-electron chi connectivity index (χ3n) is 9.71. The number of hydrogen-bond donors (Lipinski definition) is 0. The molecule has 0 amide bonds. The minimum absolute atomic E-state index is 0.237. The molecule has 1 heterocycles. The van der Waals surface area contributed by atoms with Crippen molar-refractivity contribution in [2.45, 2.75) is 12.8 Å². The second-order valence-corrected chi connectivity index (χ2v) is 22.8. The molecule has 264 valence electrons. The lowest BCUT2D eigenvalue weighted by Crippen LogP contribution is -2.35. The predicted octanol–water partition coefficient (Wildman–Crippen LogP) is 10.9. The SMILES string of the molecule is c1ccc(N2CP(CCCP(c3ccccc3)c3ccccc3)CN(c3ccccc3)CP(CCCP(c3ccccc3)c3ccccc3)C2)cc1. The zero-order chi connectivity index (χ0) is 35.2. The summed E-state index contributed by atoms with van der Waals surface area (Å²) in [7, 11) is -1.20. The van der Waals surface area contributed by atoms with Gasteiger partial charge < -0.3 is 9.80 Å². The first-order chi connectivity index (χ1) is 25.8. The maximum atomic E-state index is 2.80. The topological polar surface area (TPSA) is 6.48 Å². The summed E-state index contributed by atoms with van der Waals surface area (Å²) in [5.41, 5.74) is 2.81. The van der Waals surface area contributed by atoms with Crippen LogP contribution in [0.25, 0.3) is 0 Å². The van der Waals surface area contributed by atoms with Crippen LogP contribution in [-0.2, 0) is 0 Å². The van der Waals surface area contributed by atoms with Gasteiger partial charge in [-0.2, -0.15) is 0 Å². The Labute approximate surface area is 317 Å². The highest BCUT2D eigenvalue weighted by atomic mass is 31.1. The molecule has 6 aromatic carbocycles. The van der Waals surface area contributed by atoms with Crippen molar-refractivity contribution in [2.75, 3.05) is 59.6 Å². The van der Waals surface area contributed by atoms with Crippen molar-refractivity contribution in [1.82, 2.24) is 0 Å². The van der Waals surface area contributed by atoms with Crippen molar-refractivity contribution >= 4 is 64.3 Å². The third kappa shape index (κ3) is 10.4. The minimum atomic E-state index is -0.365. The van der Waals surface area contributed by atoms with Crippen LogP contribution in [0, 0.1) is 0 Å². The summed E-state index contributed by atoms with van der Waals surface area (Å²) >= 11 is 0. The lowest BCUT2D eigenvalue weighted by molar-refractivity contribution is 0.952. The highest BCUT2D eigenvalue weighted by molar-refractivity contribution is 7.73. The summed E-state index contributed by atoms with van der Waals surface area (Å²) in [5.74, 6) is 0. The minimum Gasteiger partial charge on any atom is -0.363 e. The predicted molar refractivity (Wildman–Crippen MR) is 238 cm³/mol. The van der Waals surface area contributed by atoms with Gasteiger partial charge in [0.15, 0.2) is 0 Å². The number of nitrogens with zero attached hydrogens (tertiary/aromatic N) is 2. The molecule has 1 aliphatic rings. The average molecular weight is 755 g/mol. The van der Waals surface area contributed by atoms with Gasteiger partial charge in [0.2, 0.25) is 0 Å². The summed E-state index contributed by atoms with van der Waals surface area (Å²) in [6.45, 7) is 0. The molecular formula is C46H50N2P4. The van der Waals surface area contributed by atoms with E-state index in [2.05, 4.69) is 192 Å². The Morgan fingerprint density at radius 3 is 0.865 bits per heavy atom. The van der Waals surface area contributed by atoms with E-state index in [0.717, 1.165) is 0 Å². The summed E-state index contributed by atoms with van der Waals surface area (Å²) in [5, 5.41) is 6.00. The Morgan fingerprint density at radius 2 is 0.596 bits per heavy atom. The summed E-state index contributed by atoms with van der Waals surface area (Å²) in [6, 6.07) is 67.7. The number of benzene rings is 6. The van der Waals surface area contributed by atoms with Crippen LogP contribution in [-0.4, -0.2) is 49.8 Å². The van der Waals surface area contributed by atoms with E-state index in [1.165, 1.54) is 95.2 Å². The van der Waals surface area contributed by atoms with Crippen LogP contribution in [0.3, 0.4) is 0 Å². The van der Waals surface area contributed by atoms with Crippen molar-refractivity contribution in [2.24, 2.45) is 0 Å². The molecule has 2 nitrogen and oxygen atoms in total. The monoisotopic (exact) mass is 754 g/mol. The Bertz CT molecular complexity index is 1630. The molecule has 1 fully saturated rings. The number of rotatable bonds is 14. The normalized spacial score (nSPS) is 16.5. The van der Waals surface area contributed by atoms with Gasteiger partial charge in [0.25, 0.3) is 0 Å². The van der Waals surface area contributed by atoms with Gasteiger partial charge in [-0.1, -0.05) is 174 Å². The van der Waals surface area contributed by atoms with Gasteiger partial charge in [-0.3, -0.25) is 0 Å². The van der Waals surface area contributed by atoms with Gasteiger partial charge in [0.1, 0.15) is 0 Å². The van der Waals surface area contributed by atoms with E-state index in [9.17, 15) is 0 Å². The molecule has 6 heteroatoms. The molecule has 0 unspecified atom stereocenters. The maximum absolute atomic E-state index is 2.80. The largest absolute Gasteiger partial charge is 0.363 e. The highest BCUT2D eigenvalue weighted by Crippen LogP contribution is 2.50. The Balaban J connectivity index is 1.09. The van der Waals surface area contributed by atoms with Crippen LogP contribution < -0.4 is 31.0 Å². The molecule has 0 spiro atoms. The molecule has 0 bridgehead atoms. The van der Waals surface area contributed by atoms with Crippen LogP contribution in [0.1, 0.15) is 12.8 Å². The summed E-state index contributed by atoms with van der Waals surface area (Å²) in [6.07, 6.45) is 12.3. The quantitative estimate of drug-likeness (QED) is 0.102. The Hall–Kier alpha value is -3.36. The van der Waals surface area contributed by atoms with Crippen LogP contribution in [0.4, 0.5) is 11.4 Å². The molecule has 0 saturated carbocycles. The molecule has 0 aliphatic carbocycles. The van der Waals surface area contributed by atoms with Gasteiger partial charge >= 0.3 is 0 Å². The molecule has 0 atom stereocenters. The molecule has 0 radical (unpaired) electrons. The molecular weight excluding hydrogens is 704 g/mol. The first-order valence-electron chi connectivity index (χ1n) is 18.6. The standard InChI is InChI=1S/C46H50N2P4/c1-7-21-41(22-8-1)47-37-49(33-19-35-51(43-25-11-3-12-26-43)44-27-13-4-14-28-44)39-48(42-23-9-2-10-24-42)40-50(38-47)34-20-36-52(45-29-15-5-16-30-45)46-31-17-6-18-32-46/h1-18,21-32H,19-20,33-40H2. The van der Waals surface area contributed by atoms with E-state index < -0.39 is 0 Å². The molecule has 6 aromatic rings. The van der Waals surface area contributed by atoms with E-state index in [-0.39, 0.29) is 31.7 Å². The van der Waals surface area contributed by atoms with Gasteiger partial charge in [0.05, 0.1) is 0 Å². The molecule has 1 saturated heterocycles. The van der Waals surface area contributed by atoms with Crippen LogP contribution in [0.15, 0.2) is 182 Å². The van der Waals surface area contributed by atoms with Gasteiger partial charge in [-0.05, 0) is 98.8 Å². The van der Waals surface area contributed by atoms with Crippen molar-refractivity contribution < 1.29 is 0 Å². The summed E-state index contributed by atoms with van der Waals surface area (Å²) < 4.78 is 0. The molecule has 0 N–H and O–H groups in total. The highest BCUT2D eigenvalue weighted by Gasteiger charge is 2.27. The maximum Gasteiger partial charge on any atom is 0.0397 e. The Morgan fingerprint density at radius 1 is 0.346 bits per heavy atom. The number of anilines is 2. The molecule has 7 rings (SSSR count). The van der Waals surface area contributed by atoms with E-state index in [4.69, 9.17) is 0 Å². The second kappa shape index (κ2) is 19.6. The van der Waals surface area contributed by atoms with Crippen molar-refractivity contribution in [1.29, 1.82) is 0 Å². The van der Waals surface area contributed by atoms with E-state index in [0.29, 0.717) is 0 Å². The van der Waals surface area contributed by atoms with Crippen LogP contribution >= 0.6 is 31.7 Å². The van der Waals surface area contributed by atoms with Gasteiger partial charge in [-0.25, -0.2) is 0 Å². The smallest absolute Gasteiger partial charge is 0.0397 e. The van der Waals surface area contributed by atoms with Crippen LogP contribution in [0.5, 0.6) is 0 Å². The van der Waals surface area contributed by atoms with Gasteiger partial charge in [-0.15, -0.1) is 0 Å². The van der Waals surface area contributed by atoms with Gasteiger partial charge in [0, 0.05) is 36.5 Å². The average Bonchev–Trinajstić information content (AvgIpc) is 3.21. The van der Waals surface area contributed by atoms with Crippen LogP contribution in [0.2, 0.25) is 0 Å². The van der Waals surface area contributed by atoms with Crippen molar-refractivity contribution in [3.63, 3.8) is 0 Å². The van der Waals surface area contributed by atoms with E-state index in [1.54, 1.807) is 0 Å². The first-order valence-corrected chi connectivity index (χ1v) is 25.4. The van der Waals surface area contributed by atoms with E-state index >= 15 is 0 Å². The molecule has 1 aliphatic heterocycles. The first kappa shape index (κ1) is 37.0. The summed E-state index contributed by atoms with van der Waals surface area (Å²) in [4.78, 5) is 5.60. The van der Waals surface area contributed by atoms with E-state index in [1.807, 2.05) is 0 Å². The number of hydrogen-bond acceptors (Lipinski definition) is 2. The Kier molecular flexibility index (Phi) is 14.0. The molecule has 0 aromatic heterocycles. The third-order valence-corrected chi connectivity index (χ3v) is 19.8. The lowest BCUT2D eigenvalue weighted by atomic mass is 10.3. The fourth-order valence-electron chi connectivity index (χ4n) is 7.18. The fraction of sp³-hybridized carbons (Fsp3) is 0.217.